The van der Waals surface area contributed by atoms with E-state index in [1.807, 2.05) is 36.4 Å². The van der Waals surface area contributed by atoms with Crippen molar-refractivity contribution in [3.63, 3.8) is 0 Å². The van der Waals surface area contributed by atoms with E-state index < -0.39 is 0 Å². The number of nitrogens with one attached hydrogen (secondary N) is 1. The second-order valence-corrected chi connectivity index (χ2v) is 5.49. The highest BCUT2D eigenvalue weighted by molar-refractivity contribution is 5.29. The van der Waals surface area contributed by atoms with Crippen LogP contribution in [0.3, 0.4) is 0 Å². The molecule has 0 bridgehead atoms. The van der Waals surface area contributed by atoms with Crippen molar-refractivity contribution < 1.29 is 21.5 Å². The third kappa shape index (κ3) is 6.18. The van der Waals surface area contributed by atoms with Gasteiger partial charge in [-0.3, -0.25) is 4.98 Å². The summed E-state index contributed by atoms with van der Waals surface area (Å²) in [6.45, 7) is 1.89. The van der Waals surface area contributed by atoms with Crippen LogP contribution in [-0.2, 0) is 19.7 Å². The molecule has 0 atom stereocenters. The molecular formula is C20H19ClFN2O-. The average molecular weight is 358 g/mol. The number of hydrogen-bond donors (Lipinski definition) is 1. The topological polar surface area (TPSA) is 34.1 Å². The normalized spacial score (nSPS) is 10.1. The summed E-state index contributed by atoms with van der Waals surface area (Å²) in [5.41, 5.74) is 3.10. The molecule has 2 aromatic carbocycles. The van der Waals surface area contributed by atoms with Gasteiger partial charge in [-0.25, -0.2) is 4.39 Å². The van der Waals surface area contributed by atoms with Crippen molar-refractivity contribution in [1.82, 2.24) is 10.3 Å². The molecule has 25 heavy (non-hydrogen) atoms. The summed E-state index contributed by atoms with van der Waals surface area (Å²) in [5, 5.41) is 3.37. The fourth-order valence-electron chi connectivity index (χ4n) is 2.33. The van der Waals surface area contributed by atoms with Crippen LogP contribution in [0.1, 0.15) is 16.8 Å². The number of rotatable bonds is 7. The van der Waals surface area contributed by atoms with Gasteiger partial charge in [-0.2, -0.15) is 0 Å². The Morgan fingerprint density at radius 2 is 1.72 bits per heavy atom. The van der Waals surface area contributed by atoms with Gasteiger partial charge in [-0.1, -0.05) is 30.3 Å². The lowest BCUT2D eigenvalue weighted by Crippen LogP contribution is -3.00. The van der Waals surface area contributed by atoms with Gasteiger partial charge in [-0.05, 0) is 47.5 Å². The van der Waals surface area contributed by atoms with Gasteiger partial charge in [0, 0.05) is 19.3 Å². The van der Waals surface area contributed by atoms with Gasteiger partial charge in [0.25, 0.3) is 0 Å². The fraction of sp³-hybridized carbons (Fsp3) is 0.150. The van der Waals surface area contributed by atoms with E-state index in [1.165, 1.54) is 12.1 Å². The highest BCUT2D eigenvalue weighted by Gasteiger charge is 2.00. The van der Waals surface area contributed by atoms with Crippen LogP contribution < -0.4 is 22.5 Å². The molecule has 0 fully saturated rings. The van der Waals surface area contributed by atoms with Crippen LogP contribution in [0.2, 0.25) is 0 Å². The molecular weight excluding hydrogens is 339 g/mol. The first-order valence-corrected chi connectivity index (χ1v) is 7.86. The zero-order chi connectivity index (χ0) is 16.6. The van der Waals surface area contributed by atoms with E-state index in [-0.39, 0.29) is 18.2 Å². The highest BCUT2D eigenvalue weighted by Crippen LogP contribution is 2.15. The summed E-state index contributed by atoms with van der Waals surface area (Å²) in [6.07, 6.45) is 1.79. The third-order valence-corrected chi connectivity index (χ3v) is 3.58. The quantitative estimate of drug-likeness (QED) is 0.687. The lowest BCUT2D eigenvalue weighted by molar-refractivity contribution is -0.00000594. The lowest BCUT2D eigenvalue weighted by atomic mass is 10.2. The Bertz CT molecular complexity index is 766. The smallest absolute Gasteiger partial charge is 0.123 e. The first-order chi connectivity index (χ1) is 11.8. The Morgan fingerprint density at radius 3 is 2.48 bits per heavy atom. The van der Waals surface area contributed by atoms with Gasteiger partial charge in [0.15, 0.2) is 0 Å². The SMILES string of the molecule is Fc1ccc(COc2cccc(CNCc3ccccn3)c2)cc1.[Cl-]. The molecule has 0 amide bonds. The summed E-state index contributed by atoms with van der Waals surface area (Å²) in [7, 11) is 0. The summed E-state index contributed by atoms with van der Waals surface area (Å²) in [4.78, 5) is 4.28. The van der Waals surface area contributed by atoms with Gasteiger partial charge in [-0.15, -0.1) is 0 Å². The molecule has 0 spiro atoms. The number of aromatic nitrogens is 1. The zero-order valence-electron chi connectivity index (χ0n) is 13.7. The fourth-order valence-corrected chi connectivity index (χ4v) is 2.33. The molecule has 1 heterocycles. The molecule has 1 aromatic heterocycles. The number of ether oxygens (including phenoxy) is 1. The number of halogens is 2. The van der Waals surface area contributed by atoms with Crippen LogP contribution in [0, 0.1) is 5.82 Å². The summed E-state index contributed by atoms with van der Waals surface area (Å²) < 4.78 is 18.7. The minimum absolute atomic E-state index is 0. The molecule has 130 valence electrons. The van der Waals surface area contributed by atoms with Gasteiger partial charge in [0.1, 0.15) is 18.2 Å². The van der Waals surface area contributed by atoms with Crippen molar-refractivity contribution in [2.24, 2.45) is 0 Å². The minimum Gasteiger partial charge on any atom is -1.00 e. The van der Waals surface area contributed by atoms with Crippen LogP contribution in [0.15, 0.2) is 72.9 Å². The molecule has 3 aromatic rings. The Morgan fingerprint density at radius 1 is 0.880 bits per heavy atom. The highest BCUT2D eigenvalue weighted by atomic mass is 35.5. The van der Waals surface area contributed by atoms with Gasteiger partial charge in [0.2, 0.25) is 0 Å². The molecule has 0 unspecified atom stereocenters. The number of pyridine rings is 1. The predicted molar refractivity (Wildman–Crippen MR) is 92.0 cm³/mol. The van der Waals surface area contributed by atoms with E-state index >= 15 is 0 Å². The van der Waals surface area contributed by atoms with Crippen molar-refractivity contribution in [1.29, 1.82) is 0 Å². The van der Waals surface area contributed by atoms with Gasteiger partial charge in [0.05, 0.1) is 5.69 Å². The molecule has 0 saturated carbocycles. The number of nitrogens with zero attached hydrogens (tertiary/aromatic N) is 1. The minimum atomic E-state index is -0.236. The second-order valence-electron chi connectivity index (χ2n) is 5.49. The van der Waals surface area contributed by atoms with Crippen molar-refractivity contribution >= 4 is 0 Å². The third-order valence-electron chi connectivity index (χ3n) is 3.58. The van der Waals surface area contributed by atoms with E-state index in [9.17, 15) is 4.39 Å². The van der Waals surface area contributed by atoms with Crippen molar-refractivity contribution in [3.05, 3.63) is 95.6 Å². The van der Waals surface area contributed by atoms with Crippen LogP contribution in [-0.4, -0.2) is 4.98 Å². The summed E-state index contributed by atoms with van der Waals surface area (Å²) in [6, 6.07) is 20.2. The van der Waals surface area contributed by atoms with E-state index in [2.05, 4.69) is 16.4 Å². The largest absolute Gasteiger partial charge is 1.00 e. The Hall–Kier alpha value is -2.43. The number of hydrogen-bond acceptors (Lipinski definition) is 3. The molecule has 0 radical (unpaired) electrons. The van der Waals surface area contributed by atoms with Crippen LogP contribution >= 0.6 is 0 Å². The van der Waals surface area contributed by atoms with Crippen LogP contribution in [0.25, 0.3) is 0 Å². The van der Waals surface area contributed by atoms with Gasteiger partial charge >= 0.3 is 0 Å². The number of benzene rings is 2. The van der Waals surface area contributed by atoms with Crippen molar-refractivity contribution in [2.45, 2.75) is 19.7 Å². The molecule has 0 saturated heterocycles. The molecule has 0 aliphatic rings. The first kappa shape index (κ1) is 18.9. The maximum Gasteiger partial charge on any atom is 0.123 e. The Kier molecular flexibility index (Phi) is 7.38. The van der Waals surface area contributed by atoms with Crippen molar-refractivity contribution in [2.75, 3.05) is 0 Å². The molecule has 0 aliphatic heterocycles. The van der Waals surface area contributed by atoms with Crippen LogP contribution in [0.4, 0.5) is 4.39 Å². The second kappa shape index (κ2) is 9.77. The first-order valence-electron chi connectivity index (χ1n) is 7.86. The summed E-state index contributed by atoms with van der Waals surface area (Å²) >= 11 is 0. The van der Waals surface area contributed by atoms with E-state index in [0.717, 1.165) is 35.7 Å². The maximum atomic E-state index is 12.9. The standard InChI is InChI=1S/C20H19FN2O.ClH/c21-18-9-7-16(8-10-18)15-24-20-6-3-4-17(12-20)13-22-14-19-5-1-2-11-23-19;/h1-12,22H,13-15H2;1H/p-1. The Labute approximate surface area is 153 Å². The molecule has 3 rings (SSSR count). The molecule has 3 nitrogen and oxygen atoms in total. The summed E-state index contributed by atoms with van der Waals surface area (Å²) in [5.74, 6) is 0.566. The average Bonchev–Trinajstić information content (AvgIpc) is 2.63. The van der Waals surface area contributed by atoms with Crippen molar-refractivity contribution in [3.8, 4) is 5.75 Å². The predicted octanol–water partition coefficient (Wildman–Crippen LogP) is 1.09. The molecule has 1 N–H and O–H groups in total. The lowest BCUT2D eigenvalue weighted by Gasteiger charge is -2.09. The Balaban J connectivity index is 0.00000225. The van der Waals surface area contributed by atoms with Crippen LogP contribution in [0.5, 0.6) is 5.75 Å². The van der Waals surface area contributed by atoms with E-state index in [0.29, 0.717) is 6.61 Å². The molecule has 0 aliphatic carbocycles. The maximum absolute atomic E-state index is 12.9. The molecule has 5 heteroatoms. The van der Waals surface area contributed by atoms with E-state index in [4.69, 9.17) is 4.74 Å². The zero-order valence-corrected chi connectivity index (χ0v) is 14.4. The van der Waals surface area contributed by atoms with E-state index in [1.54, 1.807) is 18.3 Å². The monoisotopic (exact) mass is 357 g/mol. The van der Waals surface area contributed by atoms with Gasteiger partial charge < -0.3 is 22.5 Å².